The number of aromatic nitrogens is 2. The molecule has 2 N–H and O–H groups in total. The van der Waals surface area contributed by atoms with Crippen LogP contribution in [0.2, 0.25) is 0 Å². The average molecular weight is 228 g/mol. The van der Waals surface area contributed by atoms with E-state index in [0.717, 1.165) is 22.8 Å². The Morgan fingerprint density at radius 3 is 2.47 bits per heavy atom. The van der Waals surface area contributed by atoms with Crippen molar-refractivity contribution >= 4 is 11.5 Å². The first-order chi connectivity index (χ1) is 8.20. The van der Waals surface area contributed by atoms with Crippen LogP contribution >= 0.6 is 0 Å². The number of anilines is 2. The van der Waals surface area contributed by atoms with Crippen LogP contribution < -0.4 is 10.6 Å². The van der Waals surface area contributed by atoms with Crippen molar-refractivity contribution in [2.75, 3.05) is 11.9 Å². The largest absolute Gasteiger partial charge is 0.328 e. The van der Waals surface area contributed by atoms with Gasteiger partial charge in [-0.25, -0.2) is 4.98 Å². The summed E-state index contributed by atoms with van der Waals surface area (Å²) in [5.41, 5.74) is 8.60. The highest BCUT2D eigenvalue weighted by Crippen LogP contribution is 2.20. The van der Waals surface area contributed by atoms with Crippen molar-refractivity contribution in [2.24, 2.45) is 5.73 Å². The Labute approximate surface area is 101 Å². The molecule has 0 saturated carbocycles. The number of nitrogens with zero attached hydrogens (tertiary/aromatic N) is 3. The molecule has 88 valence electrons. The Bertz CT molecular complexity index is 476. The molecule has 0 radical (unpaired) electrons. The van der Waals surface area contributed by atoms with Crippen molar-refractivity contribution in [1.29, 1.82) is 0 Å². The summed E-state index contributed by atoms with van der Waals surface area (Å²) in [7, 11) is 1.97. The number of aryl methyl sites for hydroxylation is 1. The molecule has 0 aliphatic rings. The van der Waals surface area contributed by atoms with Gasteiger partial charge in [0.25, 0.3) is 0 Å². The normalized spacial score (nSPS) is 10.3. The van der Waals surface area contributed by atoms with Gasteiger partial charge in [0.1, 0.15) is 5.82 Å². The number of rotatable bonds is 3. The maximum absolute atomic E-state index is 5.54. The molecule has 0 bridgehead atoms. The molecule has 0 saturated heterocycles. The lowest BCUT2D eigenvalue weighted by atomic mass is 10.2. The fourth-order valence-electron chi connectivity index (χ4n) is 1.53. The second-order valence-corrected chi connectivity index (χ2v) is 3.95. The fourth-order valence-corrected chi connectivity index (χ4v) is 1.53. The minimum atomic E-state index is 0.517. The zero-order valence-corrected chi connectivity index (χ0v) is 10.1. The Morgan fingerprint density at radius 2 is 1.94 bits per heavy atom. The Morgan fingerprint density at radius 1 is 1.12 bits per heavy atom. The van der Waals surface area contributed by atoms with Crippen LogP contribution in [0.5, 0.6) is 0 Å². The molecule has 17 heavy (non-hydrogen) atoms. The lowest BCUT2D eigenvalue weighted by molar-refractivity contribution is 1.03. The third-order valence-electron chi connectivity index (χ3n) is 2.67. The van der Waals surface area contributed by atoms with Crippen molar-refractivity contribution in [2.45, 2.75) is 13.5 Å². The second kappa shape index (κ2) is 4.93. The Kier molecular flexibility index (Phi) is 3.35. The van der Waals surface area contributed by atoms with Gasteiger partial charge in [-0.15, -0.1) is 0 Å². The monoisotopic (exact) mass is 228 g/mol. The summed E-state index contributed by atoms with van der Waals surface area (Å²) in [6, 6.07) is 7.96. The summed E-state index contributed by atoms with van der Waals surface area (Å²) in [5.74, 6) is 0.882. The quantitative estimate of drug-likeness (QED) is 0.873. The zero-order valence-electron chi connectivity index (χ0n) is 10.1. The van der Waals surface area contributed by atoms with Crippen LogP contribution in [0.15, 0.2) is 36.7 Å². The van der Waals surface area contributed by atoms with Gasteiger partial charge < -0.3 is 10.6 Å². The predicted octanol–water partition coefficient (Wildman–Crippen LogP) is 2.01. The van der Waals surface area contributed by atoms with E-state index in [1.165, 1.54) is 0 Å². The van der Waals surface area contributed by atoms with Crippen molar-refractivity contribution in [3.8, 4) is 0 Å². The maximum Gasteiger partial charge on any atom is 0.132 e. The molecule has 0 fully saturated rings. The minimum Gasteiger partial charge on any atom is -0.328 e. The summed E-state index contributed by atoms with van der Waals surface area (Å²) in [6.45, 7) is 2.49. The molecule has 4 heteroatoms. The molecule has 2 heterocycles. The van der Waals surface area contributed by atoms with E-state index in [2.05, 4.69) is 9.97 Å². The molecule has 2 rings (SSSR count). The number of pyridine rings is 2. The molecule has 2 aromatic rings. The summed E-state index contributed by atoms with van der Waals surface area (Å²) in [6.07, 6.45) is 3.64. The Hall–Kier alpha value is -1.94. The van der Waals surface area contributed by atoms with Crippen molar-refractivity contribution in [1.82, 2.24) is 9.97 Å². The maximum atomic E-state index is 5.54. The molecule has 2 aromatic heterocycles. The highest BCUT2D eigenvalue weighted by atomic mass is 15.2. The van der Waals surface area contributed by atoms with Gasteiger partial charge in [0.05, 0.1) is 11.9 Å². The number of nitrogens with two attached hydrogens (primary N) is 1. The van der Waals surface area contributed by atoms with Gasteiger partial charge in [-0.2, -0.15) is 0 Å². The van der Waals surface area contributed by atoms with Crippen LogP contribution in [0.3, 0.4) is 0 Å². The lowest BCUT2D eigenvalue weighted by Gasteiger charge is -2.18. The lowest BCUT2D eigenvalue weighted by Crippen LogP contribution is -2.11. The van der Waals surface area contributed by atoms with E-state index in [0.29, 0.717) is 6.54 Å². The van der Waals surface area contributed by atoms with E-state index in [-0.39, 0.29) is 0 Å². The van der Waals surface area contributed by atoms with E-state index >= 15 is 0 Å². The molecule has 0 aromatic carbocycles. The van der Waals surface area contributed by atoms with Gasteiger partial charge in [-0.05, 0) is 30.7 Å². The van der Waals surface area contributed by atoms with Gasteiger partial charge in [-0.3, -0.25) is 4.98 Å². The molecule has 0 aliphatic heterocycles. The average Bonchev–Trinajstić information content (AvgIpc) is 2.39. The van der Waals surface area contributed by atoms with E-state index in [1.54, 1.807) is 6.20 Å². The first kappa shape index (κ1) is 11.5. The van der Waals surface area contributed by atoms with Gasteiger partial charge in [-0.1, -0.05) is 6.07 Å². The fraction of sp³-hybridized carbons (Fsp3) is 0.231. The van der Waals surface area contributed by atoms with E-state index in [9.17, 15) is 0 Å². The van der Waals surface area contributed by atoms with Crippen LogP contribution in [0, 0.1) is 6.92 Å². The molecule has 0 amide bonds. The summed E-state index contributed by atoms with van der Waals surface area (Å²) >= 11 is 0. The van der Waals surface area contributed by atoms with Crippen LogP contribution in [0.25, 0.3) is 0 Å². The van der Waals surface area contributed by atoms with Crippen LogP contribution in [0.1, 0.15) is 11.3 Å². The number of hydrogen-bond acceptors (Lipinski definition) is 4. The first-order valence-corrected chi connectivity index (χ1v) is 5.52. The molecule has 0 atom stereocenters. The van der Waals surface area contributed by atoms with E-state index < -0.39 is 0 Å². The second-order valence-electron chi connectivity index (χ2n) is 3.95. The third kappa shape index (κ3) is 2.60. The van der Waals surface area contributed by atoms with Crippen LogP contribution in [0.4, 0.5) is 11.5 Å². The molecule has 0 spiro atoms. The SMILES string of the molecule is Cc1ccc(N(C)c2ccc(CN)cn2)cn1. The van der Waals surface area contributed by atoms with Crippen molar-refractivity contribution < 1.29 is 0 Å². The summed E-state index contributed by atoms with van der Waals surface area (Å²) in [4.78, 5) is 10.6. The third-order valence-corrected chi connectivity index (χ3v) is 2.67. The number of hydrogen-bond donors (Lipinski definition) is 1. The minimum absolute atomic E-state index is 0.517. The van der Waals surface area contributed by atoms with Crippen molar-refractivity contribution in [3.63, 3.8) is 0 Å². The molecular weight excluding hydrogens is 212 g/mol. The molecule has 0 aliphatic carbocycles. The van der Waals surface area contributed by atoms with Gasteiger partial charge in [0, 0.05) is 25.5 Å². The summed E-state index contributed by atoms with van der Waals surface area (Å²) in [5, 5.41) is 0. The topological polar surface area (TPSA) is 55.0 Å². The highest BCUT2D eigenvalue weighted by Gasteiger charge is 2.05. The predicted molar refractivity (Wildman–Crippen MR) is 69.2 cm³/mol. The molecule has 0 unspecified atom stereocenters. The molecule has 4 nitrogen and oxygen atoms in total. The highest BCUT2D eigenvalue weighted by molar-refractivity contribution is 5.57. The standard InChI is InChI=1S/C13H16N4/c1-10-3-5-12(9-15-10)17(2)13-6-4-11(7-14)8-16-13/h3-6,8-9H,7,14H2,1-2H3. The smallest absolute Gasteiger partial charge is 0.132 e. The zero-order chi connectivity index (χ0) is 12.3. The molecular formula is C13H16N4. The van der Waals surface area contributed by atoms with Gasteiger partial charge >= 0.3 is 0 Å². The van der Waals surface area contributed by atoms with Crippen LogP contribution in [-0.4, -0.2) is 17.0 Å². The Balaban J connectivity index is 2.23. The van der Waals surface area contributed by atoms with Crippen LogP contribution in [-0.2, 0) is 6.54 Å². The van der Waals surface area contributed by atoms with E-state index in [1.807, 2.05) is 49.3 Å². The van der Waals surface area contributed by atoms with E-state index in [4.69, 9.17) is 5.73 Å². The van der Waals surface area contributed by atoms with Crippen molar-refractivity contribution in [3.05, 3.63) is 47.9 Å². The first-order valence-electron chi connectivity index (χ1n) is 5.52. The van der Waals surface area contributed by atoms with Gasteiger partial charge in [0.15, 0.2) is 0 Å². The van der Waals surface area contributed by atoms with Gasteiger partial charge in [0.2, 0.25) is 0 Å². The summed E-state index contributed by atoms with van der Waals surface area (Å²) < 4.78 is 0.